The van der Waals surface area contributed by atoms with Crippen LogP contribution >= 0.6 is 0 Å². The summed E-state index contributed by atoms with van der Waals surface area (Å²) in [5, 5.41) is 22.7. The third-order valence-corrected chi connectivity index (χ3v) is 10.9. The zero-order chi connectivity index (χ0) is 36.8. The van der Waals surface area contributed by atoms with Gasteiger partial charge in [0.1, 0.15) is 23.0 Å². The van der Waals surface area contributed by atoms with Gasteiger partial charge in [-0.2, -0.15) is 0 Å². The van der Waals surface area contributed by atoms with Gasteiger partial charge in [0, 0.05) is 11.1 Å². The Morgan fingerprint density at radius 3 is 1.88 bits per heavy atom. The molecule has 6 heteroatoms. The van der Waals surface area contributed by atoms with E-state index >= 15 is 0 Å². The van der Waals surface area contributed by atoms with E-state index in [0.717, 1.165) is 101 Å². The number of phenolic OH excluding ortho intramolecular Hbond substituents is 2. The minimum Gasteiger partial charge on any atom is -0.508 e. The van der Waals surface area contributed by atoms with Crippen molar-refractivity contribution >= 4 is 11.9 Å². The van der Waals surface area contributed by atoms with Crippen LogP contribution in [0.15, 0.2) is 24.3 Å². The lowest BCUT2D eigenvalue weighted by Gasteiger charge is -2.38. The zero-order valence-electron chi connectivity index (χ0n) is 32.6. The van der Waals surface area contributed by atoms with Gasteiger partial charge in [-0.25, -0.2) is 9.59 Å². The van der Waals surface area contributed by atoms with Gasteiger partial charge in [-0.3, -0.25) is 0 Å². The molecule has 2 aromatic rings. The minimum absolute atomic E-state index is 0.00754. The standard InChI is InChI=1S/C44H68O6/c1-9-11-13-18-33-25-38(45)36(23-20-31(7)17-15-16-29(3)4)40(27-33)49-43(47)44(48)50-41-28-34(19-14-12-10-2)26-39(46)42(41)37-24-32(8)21-22-35(37)30(5)6/h25-32,35,37,45-46H,9-24H2,1-8H3/t31-,32-,35+,37-/m1/s1. The molecule has 280 valence electrons. The summed E-state index contributed by atoms with van der Waals surface area (Å²) >= 11 is 0. The SMILES string of the molecule is CCCCCc1cc(O)c(CC[C@H](C)CCCC(C)C)c(OC(=O)C(=O)Oc2cc(CCCCC)cc(O)c2[C@@H]2C[C@H](C)CC[C@H]2C(C)C)c1. The molecule has 0 unspecified atom stereocenters. The van der Waals surface area contributed by atoms with Crippen molar-refractivity contribution in [3.05, 3.63) is 46.5 Å². The molecule has 0 bridgehead atoms. The van der Waals surface area contributed by atoms with Crippen LogP contribution in [0.2, 0.25) is 0 Å². The van der Waals surface area contributed by atoms with E-state index in [4.69, 9.17) is 9.47 Å². The van der Waals surface area contributed by atoms with E-state index in [2.05, 4.69) is 55.4 Å². The highest BCUT2D eigenvalue weighted by Gasteiger charge is 2.36. The molecule has 2 N–H and O–H groups in total. The predicted molar refractivity (Wildman–Crippen MR) is 204 cm³/mol. The first kappa shape index (κ1) is 41.4. The fourth-order valence-corrected chi connectivity index (χ4v) is 7.83. The van der Waals surface area contributed by atoms with Gasteiger partial charge in [-0.1, -0.05) is 107 Å². The van der Waals surface area contributed by atoms with Gasteiger partial charge >= 0.3 is 11.9 Å². The molecule has 50 heavy (non-hydrogen) atoms. The Hall–Kier alpha value is -3.02. The van der Waals surface area contributed by atoms with Crippen molar-refractivity contribution in [3.63, 3.8) is 0 Å². The van der Waals surface area contributed by atoms with E-state index in [0.29, 0.717) is 47.1 Å². The fourth-order valence-electron chi connectivity index (χ4n) is 7.83. The monoisotopic (exact) mass is 693 g/mol. The summed E-state index contributed by atoms with van der Waals surface area (Å²) in [6, 6.07) is 7.25. The maximum absolute atomic E-state index is 13.6. The van der Waals surface area contributed by atoms with Crippen LogP contribution in [0.5, 0.6) is 23.0 Å². The summed E-state index contributed by atoms with van der Waals surface area (Å²) in [5.74, 6) is 0.777. The summed E-state index contributed by atoms with van der Waals surface area (Å²) in [5.41, 5.74) is 2.93. The third kappa shape index (κ3) is 12.6. The number of hydrogen-bond donors (Lipinski definition) is 2. The van der Waals surface area contributed by atoms with Crippen molar-refractivity contribution in [2.45, 2.75) is 164 Å². The first-order valence-corrected chi connectivity index (χ1v) is 20.0. The molecule has 2 aromatic carbocycles. The van der Waals surface area contributed by atoms with Crippen LogP contribution in [0, 0.1) is 29.6 Å². The number of esters is 2. The van der Waals surface area contributed by atoms with Crippen molar-refractivity contribution < 1.29 is 29.3 Å². The lowest BCUT2D eigenvalue weighted by atomic mass is 9.67. The normalized spacial score (nSPS) is 18.4. The molecular weight excluding hydrogens is 624 g/mol. The van der Waals surface area contributed by atoms with E-state index in [-0.39, 0.29) is 28.9 Å². The van der Waals surface area contributed by atoms with E-state index in [1.807, 2.05) is 18.2 Å². The number of hydrogen-bond acceptors (Lipinski definition) is 6. The van der Waals surface area contributed by atoms with Gasteiger partial charge < -0.3 is 19.7 Å². The van der Waals surface area contributed by atoms with Gasteiger partial charge in [-0.15, -0.1) is 0 Å². The first-order chi connectivity index (χ1) is 23.8. The lowest BCUT2D eigenvalue weighted by Crippen LogP contribution is -2.29. The molecule has 1 aliphatic rings. The maximum atomic E-state index is 13.6. The van der Waals surface area contributed by atoms with Gasteiger partial charge in [-0.05, 0) is 122 Å². The molecule has 6 nitrogen and oxygen atoms in total. The molecule has 4 atom stereocenters. The van der Waals surface area contributed by atoms with Crippen molar-refractivity contribution in [1.29, 1.82) is 0 Å². The predicted octanol–water partition coefficient (Wildman–Crippen LogP) is 11.6. The Kier molecular flexibility index (Phi) is 17.2. The van der Waals surface area contributed by atoms with Crippen molar-refractivity contribution in [2.75, 3.05) is 0 Å². The van der Waals surface area contributed by atoms with E-state index in [1.54, 1.807) is 6.07 Å². The van der Waals surface area contributed by atoms with Crippen LogP contribution < -0.4 is 9.47 Å². The topological polar surface area (TPSA) is 93.1 Å². The lowest BCUT2D eigenvalue weighted by molar-refractivity contribution is -0.156. The number of unbranched alkanes of at least 4 members (excludes halogenated alkanes) is 4. The largest absolute Gasteiger partial charge is 0.508 e. The smallest absolute Gasteiger partial charge is 0.423 e. The van der Waals surface area contributed by atoms with Gasteiger partial charge in [0.25, 0.3) is 0 Å². The Morgan fingerprint density at radius 2 is 1.30 bits per heavy atom. The van der Waals surface area contributed by atoms with Gasteiger partial charge in [0.05, 0.1) is 0 Å². The van der Waals surface area contributed by atoms with Crippen molar-refractivity contribution in [2.24, 2.45) is 29.6 Å². The van der Waals surface area contributed by atoms with Crippen LogP contribution in [0.4, 0.5) is 0 Å². The Labute approximate surface area is 303 Å². The average Bonchev–Trinajstić information content (AvgIpc) is 3.04. The molecule has 0 saturated heterocycles. The van der Waals surface area contributed by atoms with Crippen LogP contribution in [-0.2, 0) is 28.9 Å². The highest BCUT2D eigenvalue weighted by atomic mass is 16.6. The third-order valence-electron chi connectivity index (χ3n) is 10.9. The molecule has 0 heterocycles. The molecule has 0 amide bonds. The van der Waals surface area contributed by atoms with Crippen LogP contribution in [-0.4, -0.2) is 22.2 Å². The van der Waals surface area contributed by atoms with Crippen molar-refractivity contribution in [3.8, 4) is 23.0 Å². The average molecular weight is 693 g/mol. The molecule has 0 radical (unpaired) electrons. The molecule has 0 aliphatic heterocycles. The number of aromatic hydroxyl groups is 2. The van der Waals surface area contributed by atoms with E-state index < -0.39 is 11.9 Å². The second kappa shape index (κ2) is 20.7. The summed E-state index contributed by atoms with van der Waals surface area (Å²) in [4.78, 5) is 27.2. The number of benzene rings is 2. The highest BCUT2D eigenvalue weighted by Crippen LogP contribution is 2.50. The van der Waals surface area contributed by atoms with Gasteiger partial charge in [0.2, 0.25) is 0 Å². The number of rotatable bonds is 19. The van der Waals surface area contributed by atoms with Crippen LogP contribution in [0.25, 0.3) is 0 Å². The Morgan fingerprint density at radius 1 is 0.720 bits per heavy atom. The second-order valence-electron chi connectivity index (χ2n) is 16.2. The Bertz CT molecular complexity index is 1360. The molecule has 3 rings (SSSR count). The number of carbonyl (C=O) groups excluding carboxylic acids is 2. The van der Waals surface area contributed by atoms with E-state index in [1.165, 1.54) is 6.42 Å². The summed E-state index contributed by atoms with van der Waals surface area (Å²) in [6.45, 7) is 17.7. The van der Waals surface area contributed by atoms with Crippen LogP contribution in [0.1, 0.15) is 167 Å². The van der Waals surface area contributed by atoms with Crippen LogP contribution in [0.3, 0.4) is 0 Å². The number of carbonyl (C=O) groups is 2. The molecule has 1 aliphatic carbocycles. The maximum Gasteiger partial charge on any atom is 0.423 e. The first-order valence-electron chi connectivity index (χ1n) is 20.0. The molecule has 0 aromatic heterocycles. The highest BCUT2D eigenvalue weighted by molar-refractivity contribution is 6.31. The molecule has 0 spiro atoms. The fraction of sp³-hybridized carbons (Fsp3) is 0.682. The Balaban J connectivity index is 1.91. The summed E-state index contributed by atoms with van der Waals surface area (Å²) in [7, 11) is 0. The zero-order valence-corrected chi connectivity index (χ0v) is 32.6. The molecule has 1 fully saturated rings. The number of ether oxygens (including phenoxy) is 2. The number of aryl methyl sites for hydroxylation is 2. The summed E-state index contributed by atoms with van der Waals surface area (Å²) < 4.78 is 11.7. The quantitative estimate of drug-likeness (QED) is 0.0659. The second-order valence-corrected chi connectivity index (χ2v) is 16.2. The van der Waals surface area contributed by atoms with Gasteiger partial charge in [0.15, 0.2) is 0 Å². The summed E-state index contributed by atoms with van der Waals surface area (Å²) in [6.07, 6.45) is 15.5. The van der Waals surface area contributed by atoms with E-state index in [9.17, 15) is 19.8 Å². The molecule has 1 saturated carbocycles. The number of phenols is 2. The molecular formula is C44H68O6. The minimum atomic E-state index is -1.12. The van der Waals surface area contributed by atoms with Crippen molar-refractivity contribution in [1.82, 2.24) is 0 Å².